The number of fused-ring (bicyclic) bond motifs is 1. The van der Waals surface area contributed by atoms with Gasteiger partial charge in [0.25, 0.3) is 10.0 Å². The molecule has 1 aromatic heterocycles. The fraction of sp³-hybridized carbons (Fsp3) is 0.158. The number of nitrogens with zero attached hydrogens (tertiary/aromatic N) is 2. The largest absolute Gasteiger partial charge is 0.324 e. The Bertz CT molecular complexity index is 1190. The van der Waals surface area contributed by atoms with Crippen molar-refractivity contribution in [3.63, 3.8) is 0 Å². The zero-order valence-corrected chi connectivity index (χ0v) is 16.8. The summed E-state index contributed by atoms with van der Waals surface area (Å²) < 4.78 is 56.8. The maximum absolute atomic E-state index is 14.8. The first-order valence-electron chi connectivity index (χ1n) is 8.66. The molecule has 10 heteroatoms. The Labute approximate surface area is 170 Å². The van der Waals surface area contributed by atoms with Gasteiger partial charge >= 0.3 is 0 Å². The molecule has 2 aromatic carbocycles. The molecule has 0 unspecified atom stereocenters. The molecule has 0 aliphatic carbocycles. The van der Waals surface area contributed by atoms with Gasteiger partial charge in [-0.25, -0.2) is 31.9 Å². The molecule has 150 valence electrons. The van der Waals surface area contributed by atoms with E-state index < -0.39 is 27.6 Å². The Balaban J connectivity index is 1.80. The number of aromatic nitrogens is 1. The Kier molecular flexibility index (Phi) is 5.05. The lowest BCUT2D eigenvalue weighted by atomic mass is 9.91. The molecule has 0 fully saturated rings. The van der Waals surface area contributed by atoms with E-state index in [-0.39, 0.29) is 34.2 Å². The number of benzene rings is 2. The molecule has 2 N–H and O–H groups in total. The second kappa shape index (κ2) is 7.53. The normalized spacial score (nSPS) is 17.3. The van der Waals surface area contributed by atoms with Crippen molar-refractivity contribution in [3.05, 3.63) is 75.7 Å². The van der Waals surface area contributed by atoms with Crippen LogP contribution in [0.4, 0.5) is 14.5 Å². The Morgan fingerprint density at radius 1 is 1.17 bits per heavy atom. The first-order valence-corrected chi connectivity index (χ1v) is 11.0. The third-order valence-electron chi connectivity index (χ3n) is 4.58. The topological polar surface area (TPSA) is 83.4 Å². The van der Waals surface area contributed by atoms with Gasteiger partial charge in [-0.1, -0.05) is 25.1 Å². The third kappa shape index (κ3) is 3.73. The number of guanidine groups is 1. The number of hydrogen-bond acceptors (Lipinski definition) is 5. The van der Waals surface area contributed by atoms with E-state index in [4.69, 9.17) is 0 Å². The van der Waals surface area contributed by atoms with Crippen LogP contribution in [0, 0.1) is 11.6 Å². The number of rotatable bonds is 4. The smallest absolute Gasteiger partial charge is 0.266 e. The highest BCUT2D eigenvalue weighted by Gasteiger charge is 2.32. The summed E-state index contributed by atoms with van der Waals surface area (Å²) >= 11 is 1.38. The van der Waals surface area contributed by atoms with Crippen LogP contribution in [0.15, 0.2) is 57.9 Å². The zero-order chi connectivity index (χ0) is 20.6. The van der Waals surface area contributed by atoms with Crippen molar-refractivity contribution in [2.75, 3.05) is 5.32 Å². The minimum atomic E-state index is -3.97. The molecule has 1 atom stereocenters. The van der Waals surface area contributed by atoms with Gasteiger partial charge in [-0.05, 0) is 23.8 Å². The van der Waals surface area contributed by atoms with Gasteiger partial charge in [0.2, 0.25) is 5.96 Å². The van der Waals surface area contributed by atoms with E-state index in [1.165, 1.54) is 23.5 Å². The van der Waals surface area contributed by atoms with Crippen LogP contribution < -0.4 is 10.0 Å². The van der Waals surface area contributed by atoms with Crippen molar-refractivity contribution in [1.29, 1.82) is 0 Å². The van der Waals surface area contributed by atoms with E-state index in [2.05, 4.69) is 20.0 Å². The molecule has 0 bridgehead atoms. The van der Waals surface area contributed by atoms with Crippen molar-refractivity contribution >= 4 is 33.0 Å². The van der Waals surface area contributed by atoms with Crippen LogP contribution in [-0.2, 0) is 16.6 Å². The van der Waals surface area contributed by atoms with Crippen molar-refractivity contribution in [2.24, 2.45) is 4.99 Å². The standard InChI is InChI=1S/C19H16F2N4O2S2/c1-11(12-4-2-3-5-13(12)20)17-14(21)6-7-15-18(17)24-19(25-29(15,26)27)23-10-16-22-8-9-28-16/h2-9,11H,10H2,1H3,(H2,23,24,25)/t11-/m1/s1. The van der Waals surface area contributed by atoms with Gasteiger partial charge in [-0.3, -0.25) is 0 Å². The van der Waals surface area contributed by atoms with Gasteiger partial charge in [0, 0.05) is 23.1 Å². The average Bonchev–Trinajstić information content (AvgIpc) is 3.19. The first kappa shape index (κ1) is 19.5. The van der Waals surface area contributed by atoms with Crippen LogP contribution in [0.5, 0.6) is 0 Å². The predicted molar refractivity (Wildman–Crippen MR) is 108 cm³/mol. The van der Waals surface area contributed by atoms with Crippen molar-refractivity contribution in [2.45, 2.75) is 24.3 Å². The summed E-state index contributed by atoms with van der Waals surface area (Å²) in [5.41, 5.74) is 0.371. The van der Waals surface area contributed by atoms with Crippen molar-refractivity contribution in [3.8, 4) is 0 Å². The summed E-state index contributed by atoms with van der Waals surface area (Å²) in [4.78, 5) is 8.18. The van der Waals surface area contributed by atoms with Crippen molar-refractivity contribution < 1.29 is 17.2 Å². The maximum Gasteiger partial charge on any atom is 0.266 e. The van der Waals surface area contributed by atoms with Gasteiger partial charge in [0.1, 0.15) is 21.5 Å². The molecule has 0 spiro atoms. The summed E-state index contributed by atoms with van der Waals surface area (Å²) in [5.74, 6) is -1.90. The number of aliphatic imine (C=N–C) groups is 1. The molecule has 1 aliphatic heterocycles. The van der Waals surface area contributed by atoms with Crippen LogP contribution in [0.1, 0.15) is 29.0 Å². The van der Waals surface area contributed by atoms with Gasteiger partial charge in [-0.2, -0.15) is 0 Å². The zero-order valence-electron chi connectivity index (χ0n) is 15.2. The highest BCUT2D eigenvalue weighted by Crippen LogP contribution is 2.38. The second-order valence-corrected chi connectivity index (χ2v) is 9.03. The Hall–Kier alpha value is -2.85. The highest BCUT2D eigenvalue weighted by atomic mass is 32.2. The predicted octanol–water partition coefficient (Wildman–Crippen LogP) is 3.83. The molecule has 3 aromatic rings. The highest BCUT2D eigenvalue weighted by molar-refractivity contribution is 7.90. The van der Waals surface area contributed by atoms with E-state index in [1.807, 2.05) is 0 Å². The summed E-state index contributed by atoms with van der Waals surface area (Å²) in [6, 6.07) is 8.27. The number of thiazole rings is 1. The third-order valence-corrected chi connectivity index (χ3v) is 6.72. The molecule has 0 saturated carbocycles. The lowest BCUT2D eigenvalue weighted by molar-refractivity contribution is 0.577. The van der Waals surface area contributed by atoms with Gasteiger partial charge < -0.3 is 5.32 Å². The summed E-state index contributed by atoms with van der Waals surface area (Å²) in [5, 5.41) is 5.35. The van der Waals surface area contributed by atoms with Crippen LogP contribution in [0.25, 0.3) is 0 Å². The van der Waals surface area contributed by atoms with E-state index in [1.54, 1.807) is 36.7 Å². The molecule has 0 saturated heterocycles. The van der Waals surface area contributed by atoms with Gasteiger partial charge in [-0.15, -0.1) is 11.3 Å². The molecular weight excluding hydrogens is 418 g/mol. The van der Waals surface area contributed by atoms with E-state index in [0.29, 0.717) is 5.01 Å². The monoisotopic (exact) mass is 434 g/mol. The maximum atomic E-state index is 14.8. The number of nitrogens with one attached hydrogen (secondary N) is 2. The average molecular weight is 434 g/mol. The molecule has 1 aliphatic rings. The Morgan fingerprint density at radius 2 is 1.97 bits per heavy atom. The lowest BCUT2D eigenvalue weighted by Crippen LogP contribution is -2.41. The molecule has 29 heavy (non-hydrogen) atoms. The van der Waals surface area contributed by atoms with Gasteiger partial charge in [0.05, 0.1) is 12.2 Å². The molecule has 0 amide bonds. The first-order chi connectivity index (χ1) is 13.9. The molecular formula is C19H16F2N4O2S2. The molecule has 2 heterocycles. The fourth-order valence-corrected chi connectivity index (χ4v) is 4.90. The number of hydrogen-bond donors (Lipinski definition) is 2. The molecule has 6 nitrogen and oxygen atoms in total. The minimum Gasteiger partial charge on any atom is -0.324 e. The van der Waals surface area contributed by atoms with Crippen LogP contribution in [-0.4, -0.2) is 19.4 Å². The quantitative estimate of drug-likeness (QED) is 0.654. The lowest BCUT2D eigenvalue weighted by Gasteiger charge is -2.26. The van der Waals surface area contributed by atoms with Crippen LogP contribution in [0.2, 0.25) is 0 Å². The van der Waals surface area contributed by atoms with Crippen molar-refractivity contribution in [1.82, 2.24) is 9.71 Å². The molecule has 4 rings (SSSR count). The van der Waals surface area contributed by atoms with Crippen LogP contribution in [0.3, 0.4) is 0 Å². The van der Waals surface area contributed by atoms with E-state index >= 15 is 0 Å². The SMILES string of the molecule is C[C@H](c1ccccc1F)c1c(F)ccc2c1NC(=NCc1nccs1)NS2(=O)=O. The number of halogens is 2. The number of sulfonamides is 1. The fourth-order valence-electron chi connectivity index (χ4n) is 3.21. The Morgan fingerprint density at radius 3 is 2.69 bits per heavy atom. The summed E-state index contributed by atoms with van der Waals surface area (Å²) in [6.45, 7) is 1.78. The van der Waals surface area contributed by atoms with E-state index in [9.17, 15) is 17.2 Å². The summed E-state index contributed by atoms with van der Waals surface area (Å²) in [6.07, 6.45) is 1.62. The van der Waals surface area contributed by atoms with Gasteiger partial charge in [0.15, 0.2) is 0 Å². The van der Waals surface area contributed by atoms with E-state index in [0.717, 1.165) is 6.07 Å². The second-order valence-electron chi connectivity index (χ2n) is 6.40. The summed E-state index contributed by atoms with van der Waals surface area (Å²) in [7, 11) is -3.97. The minimum absolute atomic E-state index is 0.0414. The molecule has 0 radical (unpaired) electrons. The van der Waals surface area contributed by atoms with Crippen LogP contribution >= 0.6 is 11.3 Å². The number of anilines is 1.